The Labute approximate surface area is 134 Å². The standard InChI is InChI=1S/C15H24N2O2S.ClH/c1-4-12-5-7-13(8-6-12)20(18,19)17-10-9-14(16)15(2,3)11-17;/h5-8,14H,4,9-11,16H2,1-3H3;1H. The predicted molar refractivity (Wildman–Crippen MR) is 88.2 cm³/mol. The quantitative estimate of drug-likeness (QED) is 0.924. The Kier molecular flexibility index (Phi) is 5.83. The summed E-state index contributed by atoms with van der Waals surface area (Å²) in [5.74, 6) is 0. The van der Waals surface area contributed by atoms with Gasteiger partial charge in [-0.15, -0.1) is 12.4 Å². The van der Waals surface area contributed by atoms with Gasteiger partial charge in [-0.2, -0.15) is 4.31 Å². The summed E-state index contributed by atoms with van der Waals surface area (Å²) in [4.78, 5) is 0.376. The molecule has 21 heavy (non-hydrogen) atoms. The molecule has 2 N–H and O–H groups in total. The summed E-state index contributed by atoms with van der Waals surface area (Å²) in [5, 5.41) is 0. The molecular formula is C15H25ClN2O2S. The first-order valence-electron chi connectivity index (χ1n) is 7.12. The molecule has 0 amide bonds. The van der Waals surface area contributed by atoms with Crippen LogP contribution in [0.25, 0.3) is 0 Å². The van der Waals surface area contributed by atoms with Gasteiger partial charge in [0.05, 0.1) is 4.90 Å². The van der Waals surface area contributed by atoms with Crippen LogP contribution < -0.4 is 5.73 Å². The van der Waals surface area contributed by atoms with Gasteiger partial charge in [0.1, 0.15) is 0 Å². The Bertz CT molecular complexity index is 570. The van der Waals surface area contributed by atoms with Gasteiger partial charge in [0.2, 0.25) is 10.0 Å². The topological polar surface area (TPSA) is 63.4 Å². The minimum Gasteiger partial charge on any atom is -0.327 e. The summed E-state index contributed by atoms with van der Waals surface area (Å²) in [6, 6.07) is 7.23. The lowest BCUT2D eigenvalue weighted by molar-refractivity contribution is 0.155. The van der Waals surface area contributed by atoms with Gasteiger partial charge in [-0.05, 0) is 36.0 Å². The van der Waals surface area contributed by atoms with Crippen molar-refractivity contribution in [3.8, 4) is 0 Å². The number of nitrogens with zero attached hydrogens (tertiary/aromatic N) is 1. The molecule has 0 saturated carbocycles. The van der Waals surface area contributed by atoms with Crippen molar-refractivity contribution in [1.82, 2.24) is 4.31 Å². The molecule has 0 radical (unpaired) electrons. The molecule has 1 aliphatic rings. The molecule has 120 valence electrons. The van der Waals surface area contributed by atoms with Crippen LogP contribution in [0.4, 0.5) is 0 Å². The van der Waals surface area contributed by atoms with Crippen molar-refractivity contribution in [3.63, 3.8) is 0 Å². The maximum Gasteiger partial charge on any atom is 0.243 e. The minimum absolute atomic E-state index is 0. The normalized spacial score (nSPS) is 22.6. The Hall–Kier alpha value is -0.620. The monoisotopic (exact) mass is 332 g/mol. The molecular weight excluding hydrogens is 308 g/mol. The van der Waals surface area contributed by atoms with E-state index in [1.807, 2.05) is 26.0 Å². The molecule has 1 aromatic rings. The largest absolute Gasteiger partial charge is 0.327 e. The highest BCUT2D eigenvalue weighted by molar-refractivity contribution is 7.89. The number of benzene rings is 1. The van der Waals surface area contributed by atoms with E-state index in [9.17, 15) is 8.42 Å². The van der Waals surface area contributed by atoms with Gasteiger partial charge >= 0.3 is 0 Å². The maximum absolute atomic E-state index is 12.7. The van der Waals surface area contributed by atoms with Crippen LogP contribution in [0.2, 0.25) is 0 Å². The Morgan fingerprint density at radius 2 is 1.86 bits per heavy atom. The molecule has 6 heteroatoms. The summed E-state index contributed by atoms with van der Waals surface area (Å²) in [6.45, 7) is 7.09. The molecule has 1 fully saturated rings. The van der Waals surface area contributed by atoms with E-state index in [1.165, 1.54) is 0 Å². The average molecular weight is 333 g/mol. The van der Waals surface area contributed by atoms with Gasteiger partial charge < -0.3 is 5.73 Å². The van der Waals surface area contributed by atoms with Crippen LogP contribution in [-0.4, -0.2) is 31.9 Å². The first-order chi connectivity index (χ1) is 9.27. The number of piperidine rings is 1. The second kappa shape index (κ2) is 6.65. The molecule has 1 unspecified atom stereocenters. The summed E-state index contributed by atoms with van der Waals surface area (Å²) in [6.07, 6.45) is 1.62. The van der Waals surface area contributed by atoms with Crippen LogP contribution in [0.15, 0.2) is 29.2 Å². The van der Waals surface area contributed by atoms with Crippen LogP contribution in [0.1, 0.15) is 32.8 Å². The highest BCUT2D eigenvalue weighted by Crippen LogP contribution is 2.31. The summed E-state index contributed by atoms with van der Waals surface area (Å²) < 4.78 is 26.9. The van der Waals surface area contributed by atoms with Gasteiger partial charge in [0.25, 0.3) is 0 Å². The molecule has 2 rings (SSSR count). The van der Waals surface area contributed by atoms with Crippen LogP contribution >= 0.6 is 12.4 Å². The van der Waals surface area contributed by atoms with E-state index in [0.717, 1.165) is 12.0 Å². The molecule has 1 heterocycles. The van der Waals surface area contributed by atoms with Crippen LogP contribution in [0.3, 0.4) is 0 Å². The number of aryl methyl sites for hydroxylation is 1. The van der Waals surface area contributed by atoms with Crippen molar-refractivity contribution >= 4 is 22.4 Å². The third-order valence-corrected chi connectivity index (χ3v) is 6.11. The number of hydrogen-bond acceptors (Lipinski definition) is 3. The van der Waals surface area contributed by atoms with Crippen molar-refractivity contribution in [2.45, 2.75) is 44.6 Å². The van der Waals surface area contributed by atoms with Gasteiger partial charge in [-0.3, -0.25) is 0 Å². The fourth-order valence-corrected chi connectivity index (χ4v) is 4.20. The smallest absolute Gasteiger partial charge is 0.243 e. The van der Waals surface area contributed by atoms with Crippen LogP contribution in [0, 0.1) is 5.41 Å². The maximum atomic E-state index is 12.7. The van der Waals surface area contributed by atoms with E-state index < -0.39 is 10.0 Å². The van der Waals surface area contributed by atoms with Crippen molar-refractivity contribution in [2.24, 2.45) is 11.1 Å². The molecule has 0 bridgehead atoms. The predicted octanol–water partition coefficient (Wildman–Crippen LogP) is 2.42. The zero-order chi connectivity index (χ0) is 15.0. The fourth-order valence-electron chi connectivity index (χ4n) is 2.58. The number of sulfonamides is 1. The number of halogens is 1. The van der Waals surface area contributed by atoms with Gasteiger partial charge in [0, 0.05) is 19.1 Å². The van der Waals surface area contributed by atoms with Crippen molar-refractivity contribution in [3.05, 3.63) is 29.8 Å². The zero-order valence-electron chi connectivity index (χ0n) is 12.9. The Morgan fingerprint density at radius 1 is 1.29 bits per heavy atom. The summed E-state index contributed by atoms with van der Waals surface area (Å²) >= 11 is 0. The zero-order valence-corrected chi connectivity index (χ0v) is 14.5. The molecule has 1 aliphatic heterocycles. The lowest BCUT2D eigenvalue weighted by Gasteiger charge is -2.41. The molecule has 1 saturated heterocycles. The SMILES string of the molecule is CCc1ccc(S(=O)(=O)N2CCC(N)C(C)(C)C2)cc1.Cl. The third-order valence-electron chi connectivity index (χ3n) is 4.25. The first-order valence-corrected chi connectivity index (χ1v) is 8.56. The van der Waals surface area contributed by atoms with E-state index >= 15 is 0 Å². The van der Waals surface area contributed by atoms with E-state index in [1.54, 1.807) is 16.4 Å². The molecule has 0 aromatic heterocycles. The lowest BCUT2D eigenvalue weighted by Crippen LogP contribution is -2.53. The molecule has 0 spiro atoms. The Morgan fingerprint density at radius 3 is 2.33 bits per heavy atom. The second-order valence-corrected chi connectivity index (χ2v) is 8.16. The third kappa shape index (κ3) is 3.77. The molecule has 4 nitrogen and oxygen atoms in total. The van der Waals surface area contributed by atoms with E-state index in [4.69, 9.17) is 5.73 Å². The van der Waals surface area contributed by atoms with Gasteiger partial charge in [-0.25, -0.2) is 8.42 Å². The summed E-state index contributed by atoms with van der Waals surface area (Å²) in [7, 11) is -3.40. The van der Waals surface area contributed by atoms with Gasteiger partial charge in [0.15, 0.2) is 0 Å². The van der Waals surface area contributed by atoms with E-state index in [0.29, 0.717) is 24.4 Å². The second-order valence-electron chi connectivity index (χ2n) is 6.22. The minimum atomic E-state index is -3.40. The average Bonchev–Trinajstić information content (AvgIpc) is 2.41. The summed E-state index contributed by atoms with van der Waals surface area (Å²) in [5.41, 5.74) is 7.03. The number of rotatable bonds is 3. The van der Waals surface area contributed by atoms with Crippen LogP contribution in [0.5, 0.6) is 0 Å². The Balaban J connectivity index is 0.00000220. The molecule has 1 aromatic carbocycles. The van der Waals surface area contributed by atoms with E-state index in [-0.39, 0.29) is 23.9 Å². The van der Waals surface area contributed by atoms with Gasteiger partial charge in [-0.1, -0.05) is 32.9 Å². The van der Waals surface area contributed by atoms with Crippen molar-refractivity contribution in [2.75, 3.05) is 13.1 Å². The molecule has 0 aliphatic carbocycles. The first kappa shape index (κ1) is 18.4. The molecule has 1 atom stereocenters. The highest BCUT2D eigenvalue weighted by Gasteiger charge is 2.38. The van der Waals surface area contributed by atoms with E-state index in [2.05, 4.69) is 6.92 Å². The van der Waals surface area contributed by atoms with Crippen molar-refractivity contribution in [1.29, 1.82) is 0 Å². The van der Waals surface area contributed by atoms with Crippen molar-refractivity contribution < 1.29 is 8.42 Å². The lowest BCUT2D eigenvalue weighted by atomic mass is 9.81. The highest BCUT2D eigenvalue weighted by atomic mass is 35.5. The van der Waals surface area contributed by atoms with Crippen LogP contribution in [-0.2, 0) is 16.4 Å². The number of nitrogens with two attached hydrogens (primary N) is 1. The number of hydrogen-bond donors (Lipinski definition) is 1. The fraction of sp³-hybridized carbons (Fsp3) is 0.600.